The summed E-state index contributed by atoms with van der Waals surface area (Å²) in [4.78, 5) is 36.0. The predicted octanol–water partition coefficient (Wildman–Crippen LogP) is 1.53. The van der Waals surface area contributed by atoms with Gasteiger partial charge in [0.05, 0.1) is 5.97 Å². The van der Waals surface area contributed by atoms with E-state index >= 15 is 0 Å². The third-order valence-electron chi connectivity index (χ3n) is 4.26. The van der Waals surface area contributed by atoms with E-state index in [2.05, 4.69) is 0 Å². The van der Waals surface area contributed by atoms with Crippen LogP contribution in [-0.2, 0) is 9.59 Å². The monoisotopic (exact) mass is 361 g/mol. The lowest BCUT2D eigenvalue weighted by Gasteiger charge is -2.23. The second kappa shape index (κ2) is 6.77. The molecule has 0 N–H and O–H groups in total. The van der Waals surface area contributed by atoms with E-state index in [0.717, 1.165) is 4.90 Å². The van der Waals surface area contributed by atoms with Crippen molar-refractivity contribution in [1.29, 1.82) is 5.26 Å². The summed E-state index contributed by atoms with van der Waals surface area (Å²) in [5.74, 6) is -1.59. The highest BCUT2D eigenvalue weighted by Crippen LogP contribution is 2.28. The molecule has 0 saturated heterocycles. The first-order valence-corrected chi connectivity index (χ1v) is 7.90. The molecule has 0 unspecified atom stereocenters. The zero-order valence-electron chi connectivity index (χ0n) is 14.5. The average Bonchev–Trinajstić information content (AvgIpc) is 3.13. The number of hydrogen-bond donors (Lipinski definition) is 0. The first-order chi connectivity index (χ1) is 12.8. The Kier molecular flexibility index (Phi) is 4.48. The van der Waals surface area contributed by atoms with Crippen molar-refractivity contribution in [2.24, 2.45) is 0 Å². The van der Waals surface area contributed by atoms with Crippen molar-refractivity contribution in [2.45, 2.75) is 6.92 Å². The zero-order chi connectivity index (χ0) is 19.7. The normalized spacial score (nSPS) is 16.0. The molecule has 0 bridgehead atoms. The van der Waals surface area contributed by atoms with Crippen LogP contribution in [0.15, 0.2) is 57.5 Å². The van der Waals surface area contributed by atoms with Crippen LogP contribution in [0, 0.1) is 11.3 Å². The highest BCUT2D eigenvalue weighted by atomic mass is 16.4. The van der Waals surface area contributed by atoms with Crippen molar-refractivity contribution in [3.8, 4) is 17.4 Å². The molecule has 0 radical (unpaired) electrons. The summed E-state index contributed by atoms with van der Waals surface area (Å²) in [6.07, 6.45) is 1.47. The molecule has 0 aliphatic carbocycles. The van der Waals surface area contributed by atoms with Crippen molar-refractivity contribution in [3.05, 3.63) is 64.4 Å². The topological polar surface area (TPSA) is 114 Å². The number of carboxylic acid groups (broad SMARTS) is 1. The molecule has 0 spiro atoms. The third kappa shape index (κ3) is 3.16. The highest BCUT2D eigenvalue weighted by molar-refractivity contribution is 6.19. The van der Waals surface area contributed by atoms with Crippen LogP contribution in [0.4, 0.5) is 0 Å². The molecule has 1 aliphatic heterocycles. The van der Waals surface area contributed by atoms with Gasteiger partial charge in [-0.3, -0.25) is 14.5 Å². The molecule has 2 amide bonds. The van der Waals surface area contributed by atoms with E-state index in [4.69, 9.17) is 4.42 Å². The number of carbonyl (C=O) groups excluding carboxylic acids is 3. The van der Waals surface area contributed by atoms with Gasteiger partial charge in [-0.1, -0.05) is 24.3 Å². The maximum absolute atomic E-state index is 12.4. The van der Waals surface area contributed by atoms with Crippen LogP contribution in [0.2, 0.25) is 0 Å². The van der Waals surface area contributed by atoms with E-state index in [1.807, 2.05) is 6.07 Å². The number of hydrogen-bond acceptors (Lipinski definition) is 6. The molecule has 1 aliphatic rings. The van der Waals surface area contributed by atoms with E-state index in [-0.39, 0.29) is 16.7 Å². The van der Waals surface area contributed by atoms with Gasteiger partial charge in [0.25, 0.3) is 11.8 Å². The van der Waals surface area contributed by atoms with Crippen LogP contribution in [0.25, 0.3) is 17.4 Å². The van der Waals surface area contributed by atoms with Gasteiger partial charge in [-0.15, -0.1) is 0 Å². The number of rotatable bonds is 3. The number of nitrogens with zero attached hydrogens (tertiary/aromatic N) is 2. The van der Waals surface area contributed by atoms with Crippen LogP contribution >= 0.6 is 0 Å². The lowest BCUT2D eigenvalue weighted by Crippen LogP contribution is -2.39. The van der Waals surface area contributed by atoms with Crippen molar-refractivity contribution in [3.63, 3.8) is 0 Å². The minimum Gasteiger partial charge on any atom is -0.545 e. The fourth-order valence-electron chi connectivity index (χ4n) is 2.70. The number of aromatic carboxylic acids is 1. The molecule has 2 heterocycles. The van der Waals surface area contributed by atoms with E-state index in [1.165, 1.54) is 32.2 Å². The lowest BCUT2D eigenvalue weighted by atomic mass is 9.95. The Hall–Kier alpha value is -3.92. The Balaban J connectivity index is 1.98. The van der Waals surface area contributed by atoms with Gasteiger partial charge in [-0.2, -0.15) is 5.26 Å². The van der Waals surface area contributed by atoms with Crippen molar-refractivity contribution in [1.82, 2.24) is 4.90 Å². The molecule has 134 valence electrons. The number of likely N-dealkylation sites (N-methyl/N-ethyl adjacent to an activating group) is 1. The Morgan fingerprint density at radius 3 is 2.41 bits per heavy atom. The van der Waals surface area contributed by atoms with Gasteiger partial charge in [0.2, 0.25) is 0 Å². The number of imide groups is 1. The summed E-state index contributed by atoms with van der Waals surface area (Å²) in [7, 11) is 1.31. The number of benzene rings is 1. The summed E-state index contributed by atoms with van der Waals surface area (Å²) >= 11 is 0. The van der Waals surface area contributed by atoms with Crippen molar-refractivity contribution in [2.75, 3.05) is 7.05 Å². The molecule has 0 atom stereocenters. The number of nitriles is 1. The van der Waals surface area contributed by atoms with Crippen LogP contribution in [0.3, 0.4) is 0 Å². The Labute approximate surface area is 154 Å². The Morgan fingerprint density at radius 2 is 1.81 bits per heavy atom. The molecule has 7 heteroatoms. The minimum absolute atomic E-state index is 0.0537. The molecule has 27 heavy (non-hydrogen) atoms. The smallest absolute Gasteiger partial charge is 0.271 e. The van der Waals surface area contributed by atoms with Crippen LogP contribution in [-0.4, -0.2) is 29.7 Å². The molecule has 7 nitrogen and oxygen atoms in total. The number of furan rings is 1. The lowest BCUT2D eigenvalue weighted by molar-refractivity contribution is -0.255. The summed E-state index contributed by atoms with van der Waals surface area (Å²) in [5.41, 5.74) is 1.10. The fourth-order valence-corrected chi connectivity index (χ4v) is 2.70. The highest BCUT2D eigenvalue weighted by Gasteiger charge is 2.33. The van der Waals surface area contributed by atoms with Gasteiger partial charge in [-0.05, 0) is 36.3 Å². The molecular weight excluding hydrogens is 348 g/mol. The average molecular weight is 361 g/mol. The predicted molar refractivity (Wildman–Crippen MR) is 92.5 cm³/mol. The van der Waals surface area contributed by atoms with Gasteiger partial charge in [0.1, 0.15) is 23.2 Å². The Morgan fingerprint density at radius 1 is 1.15 bits per heavy atom. The van der Waals surface area contributed by atoms with E-state index in [9.17, 15) is 24.8 Å². The molecule has 1 aromatic carbocycles. The van der Waals surface area contributed by atoms with Crippen LogP contribution in [0.5, 0.6) is 0 Å². The van der Waals surface area contributed by atoms with Gasteiger partial charge in [-0.25, -0.2) is 0 Å². The third-order valence-corrected chi connectivity index (χ3v) is 4.26. The fraction of sp³-hybridized carbons (Fsp3) is 0.100. The maximum Gasteiger partial charge on any atom is 0.271 e. The van der Waals surface area contributed by atoms with Gasteiger partial charge >= 0.3 is 0 Å². The van der Waals surface area contributed by atoms with E-state index in [1.54, 1.807) is 24.3 Å². The van der Waals surface area contributed by atoms with Crippen molar-refractivity contribution >= 4 is 23.9 Å². The summed E-state index contributed by atoms with van der Waals surface area (Å²) in [6, 6.07) is 11.1. The SMILES string of the molecule is CC1=C(C#N)C(=O)N(C)C(=O)/C1=C\c1ccc(-c2ccc(C(=O)[O-])cc2)o1. The van der Waals surface area contributed by atoms with Crippen molar-refractivity contribution < 1.29 is 23.9 Å². The van der Waals surface area contributed by atoms with Gasteiger partial charge in [0, 0.05) is 18.2 Å². The number of carbonyl (C=O) groups is 3. The first-order valence-electron chi connectivity index (χ1n) is 7.90. The molecule has 3 rings (SSSR count). The summed E-state index contributed by atoms with van der Waals surface area (Å²) in [6.45, 7) is 1.54. The van der Waals surface area contributed by atoms with Crippen LogP contribution in [0.1, 0.15) is 23.0 Å². The minimum atomic E-state index is -1.27. The van der Waals surface area contributed by atoms with Gasteiger partial charge in [0.15, 0.2) is 0 Å². The number of amides is 2. The quantitative estimate of drug-likeness (QED) is 0.605. The second-order valence-corrected chi connectivity index (χ2v) is 5.91. The maximum atomic E-state index is 12.4. The Bertz CT molecular complexity index is 1060. The van der Waals surface area contributed by atoms with E-state index in [0.29, 0.717) is 22.7 Å². The first kappa shape index (κ1) is 17.9. The largest absolute Gasteiger partial charge is 0.545 e. The summed E-state index contributed by atoms with van der Waals surface area (Å²) in [5, 5.41) is 20.0. The van der Waals surface area contributed by atoms with Gasteiger partial charge < -0.3 is 14.3 Å². The number of carboxylic acids is 1. The molecule has 2 aromatic rings. The van der Waals surface area contributed by atoms with Crippen LogP contribution < -0.4 is 5.11 Å². The zero-order valence-corrected chi connectivity index (χ0v) is 14.5. The molecular formula is C20H13N2O5-. The molecule has 0 saturated carbocycles. The standard InChI is InChI=1S/C20H14N2O5/c1-11-15(18(23)22(2)19(24)16(11)10-21)9-14-7-8-17(27-14)12-3-5-13(6-4-12)20(25)26/h3-9H,1-2H3,(H,25,26)/p-1/b15-9-. The second-order valence-electron chi connectivity index (χ2n) is 5.91. The molecule has 1 aromatic heterocycles. The molecule has 0 fully saturated rings. The van der Waals surface area contributed by atoms with E-state index < -0.39 is 17.8 Å². The summed E-state index contributed by atoms with van der Waals surface area (Å²) < 4.78 is 5.70.